The van der Waals surface area contributed by atoms with Gasteiger partial charge in [0.25, 0.3) is 0 Å². The third-order valence-corrected chi connectivity index (χ3v) is 5.04. The highest BCUT2D eigenvalue weighted by Gasteiger charge is 2.35. The van der Waals surface area contributed by atoms with Crippen LogP contribution < -0.4 is 5.32 Å². The Balaban J connectivity index is 1.72. The van der Waals surface area contributed by atoms with E-state index in [0.29, 0.717) is 6.42 Å². The number of ether oxygens (including phenoxy) is 1. The van der Waals surface area contributed by atoms with Crippen LogP contribution in [-0.2, 0) is 9.53 Å². The van der Waals surface area contributed by atoms with Crippen LogP contribution in [0.1, 0.15) is 36.8 Å². The smallest absolute Gasteiger partial charge is 0.408 e. The Labute approximate surface area is 158 Å². The number of hydrogen-bond donors (Lipinski definition) is 2. The molecule has 0 unspecified atom stereocenters. The summed E-state index contributed by atoms with van der Waals surface area (Å²) in [6.45, 7) is 5.22. The van der Waals surface area contributed by atoms with Crippen molar-refractivity contribution in [3.63, 3.8) is 0 Å². The second-order valence-electron chi connectivity index (χ2n) is 6.92. The highest BCUT2D eigenvalue weighted by molar-refractivity contribution is 5.84. The molecule has 1 aliphatic rings. The zero-order valence-corrected chi connectivity index (χ0v) is 15.3. The second kappa shape index (κ2) is 7.66. The minimum absolute atomic E-state index is 0.0626. The number of rotatable bonds is 7. The van der Waals surface area contributed by atoms with E-state index in [1.807, 2.05) is 36.4 Å². The Morgan fingerprint density at radius 2 is 1.70 bits per heavy atom. The molecule has 2 aromatic carbocycles. The molecule has 0 fully saturated rings. The van der Waals surface area contributed by atoms with Crippen LogP contribution in [-0.4, -0.2) is 29.3 Å². The first-order valence-electron chi connectivity index (χ1n) is 8.94. The van der Waals surface area contributed by atoms with Crippen molar-refractivity contribution >= 4 is 12.1 Å². The molecule has 1 amide bonds. The topological polar surface area (TPSA) is 75.6 Å². The number of carboxylic acids is 1. The molecule has 1 atom stereocenters. The summed E-state index contributed by atoms with van der Waals surface area (Å²) in [5.41, 5.74) is 3.11. The third kappa shape index (κ3) is 3.72. The van der Waals surface area contributed by atoms with Gasteiger partial charge in [-0.1, -0.05) is 54.6 Å². The Hall–Kier alpha value is -3.08. The molecule has 27 heavy (non-hydrogen) atoms. The number of benzene rings is 2. The van der Waals surface area contributed by atoms with Crippen LogP contribution in [0.15, 0.2) is 61.2 Å². The summed E-state index contributed by atoms with van der Waals surface area (Å²) in [7, 11) is 0. The molecular formula is C22H23NO4. The van der Waals surface area contributed by atoms with Gasteiger partial charge in [0.2, 0.25) is 0 Å². The highest BCUT2D eigenvalue weighted by Crippen LogP contribution is 2.44. The number of fused-ring (bicyclic) bond motifs is 3. The van der Waals surface area contributed by atoms with Gasteiger partial charge >= 0.3 is 12.1 Å². The van der Waals surface area contributed by atoms with Gasteiger partial charge in [0.1, 0.15) is 12.1 Å². The van der Waals surface area contributed by atoms with Crippen LogP contribution in [0.4, 0.5) is 4.79 Å². The number of carboxylic acid groups (broad SMARTS) is 1. The molecule has 0 spiro atoms. The molecule has 5 nitrogen and oxygen atoms in total. The predicted molar refractivity (Wildman–Crippen MR) is 104 cm³/mol. The molecule has 0 aliphatic heterocycles. The molecule has 0 heterocycles. The first-order valence-corrected chi connectivity index (χ1v) is 8.94. The van der Waals surface area contributed by atoms with E-state index in [9.17, 15) is 14.7 Å². The molecule has 1 aliphatic carbocycles. The minimum Gasteiger partial charge on any atom is -0.480 e. The van der Waals surface area contributed by atoms with Crippen molar-refractivity contribution < 1.29 is 19.4 Å². The van der Waals surface area contributed by atoms with Gasteiger partial charge in [-0.3, -0.25) is 0 Å². The SMILES string of the molecule is C=CCC[C@@](C)(NC(=O)OCC1c2ccccc2-c2ccccc21)C(=O)O. The number of allylic oxidation sites excluding steroid dienone is 1. The predicted octanol–water partition coefficient (Wildman–Crippen LogP) is 4.33. The molecule has 2 aromatic rings. The van der Waals surface area contributed by atoms with Crippen LogP contribution in [0.5, 0.6) is 0 Å². The zero-order valence-electron chi connectivity index (χ0n) is 15.3. The van der Waals surface area contributed by atoms with Crippen molar-refractivity contribution in [3.05, 3.63) is 72.3 Å². The average molecular weight is 365 g/mol. The summed E-state index contributed by atoms with van der Waals surface area (Å²) in [6.07, 6.45) is 1.62. The minimum atomic E-state index is -1.39. The highest BCUT2D eigenvalue weighted by atomic mass is 16.5. The zero-order chi connectivity index (χ0) is 19.4. The summed E-state index contributed by atoms with van der Waals surface area (Å²) >= 11 is 0. The maximum atomic E-state index is 12.3. The maximum absolute atomic E-state index is 12.3. The van der Waals surface area contributed by atoms with Gasteiger partial charge in [-0.25, -0.2) is 9.59 Å². The normalized spacial score (nSPS) is 14.6. The lowest BCUT2D eigenvalue weighted by atomic mass is 9.96. The lowest BCUT2D eigenvalue weighted by molar-refractivity contribution is -0.144. The fourth-order valence-electron chi connectivity index (χ4n) is 3.47. The van der Waals surface area contributed by atoms with Gasteiger partial charge in [0, 0.05) is 5.92 Å². The van der Waals surface area contributed by atoms with E-state index < -0.39 is 17.6 Å². The van der Waals surface area contributed by atoms with Crippen LogP contribution in [0.3, 0.4) is 0 Å². The van der Waals surface area contributed by atoms with Gasteiger partial charge in [0.15, 0.2) is 0 Å². The Bertz CT molecular complexity index is 831. The molecule has 0 saturated heterocycles. The van der Waals surface area contributed by atoms with Crippen molar-refractivity contribution in [2.75, 3.05) is 6.61 Å². The van der Waals surface area contributed by atoms with E-state index >= 15 is 0 Å². The van der Waals surface area contributed by atoms with E-state index in [-0.39, 0.29) is 18.9 Å². The average Bonchev–Trinajstić information content (AvgIpc) is 2.98. The molecule has 0 bridgehead atoms. The molecule has 5 heteroatoms. The Morgan fingerprint density at radius 1 is 1.15 bits per heavy atom. The standard InChI is InChI=1S/C22H23NO4/c1-3-4-13-22(2,20(24)25)23-21(26)27-14-19-17-11-7-5-9-15(17)16-10-6-8-12-18(16)19/h3,5-12,19H,1,4,13-14H2,2H3,(H,23,26)(H,24,25)/t22-/m1/s1. The summed E-state index contributed by atoms with van der Waals surface area (Å²) in [5.74, 6) is -1.16. The fourth-order valence-corrected chi connectivity index (χ4v) is 3.47. The Kier molecular flexibility index (Phi) is 5.31. The van der Waals surface area contributed by atoms with Crippen LogP contribution in [0.25, 0.3) is 11.1 Å². The molecule has 3 rings (SSSR count). The van der Waals surface area contributed by atoms with Crippen molar-refractivity contribution in [2.24, 2.45) is 0 Å². The number of amides is 1. The molecule has 2 N–H and O–H groups in total. The van der Waals surface area contributed by atoms with Crippen LogP contribution >= 0.6 is 0 Å². The Morgan fingerprint density at radius 3 is 2.22 bits per heavy atom. The molecule has 0 saturated carbocycles. The lowest BCUT2D eigenvalue weighted by Crippen LogP contribution is -2.52. The number of nitrogens with one attached hydrogen (secondary N) is 1. The summed E-state index contributed by atoms with van der Waals surface area (Å²) in [6, 6.07) is 16.1. The van der Waals surface area contributed by atoms with Gasteiger partial charge in [-0.2, -0.15) is 0 Å². The third-order valence-electron chi connectivity index (χ3n) is 5.04. The second-order valence-corrected chi connectivity index (χ2v) is 6.92. The van der Waals surface area contributed by atoms with E-state index in [4.69, 9.17) is 4.74 Å². The molecular weight excluding hydrogens is 342 g/mol. The van der Waals surface area contributed by atoms with Crippen LogP contribution in [0, 0.1) is 0 Å². The number of hydrogen-bond acceptors (Lipinski definition) is 3. The largest absolute Gasteiger partial charge is 0.480 e. The number of alkyl carbamates (subject to hydrolysis) is 1. The lowest BCUT2D eigenvalue weighted by Gasteiger charge is -2.25. The molecule has 0 aromatic heterocycles. The molecule has 0 radical (unpaired) electrons. The van der Waals surface area contributed by atoms with Gasteiger partial charge in [0.05, 0.1) is 0 Å². The van der Waals surface area contributed by atoms with Crippen molar-refractivity contribution in [1.29, 1.82) is 0 Å². The van der Waals surface area contributed by atoms with Crippen molar-refractivity contribution in [2.45, 2.75) is 31.2 Å². The van der Waals surface area contributed by atoms with E-state index in [1.165, 1.54) is 6.92 Å². The fraction of sp³-hybridized carbons (Fsp3) is 0.273. The first kappa shape index (κ1) is 18.7. The molecule has 140 valence electrons. The summed E-state index contributed by atoms with van der Waals surface area (Å²) in [5, 5.41) is 11.9. The summed E-state index contributed by atoms with van der Waals surface area (Å²) < 4.78 is 5.43. The number of carbonyl (C=O) groups is 2. The van der Waals surface area contributed by atoms with Crippen LogP contribution in [0.2, 0.25) is 0 Å². The van der Waals surface area contributed by atoms with E-state index in [2.05, 4.69) is 24.0 Å². The van der Waals surface area contributed by atoms with E-state index in [0.717, 1.165) is 22.3 Å². The van der Waals surface area contributed by atoms with Gasteiger partial charge < -0.3 is 15.2 Å². The maximum Gasteiger partial charge on any atom is 0.408 e. The van der Waals surface area contributed by atoms with E-state index in [1.54, 1.807) is 6.08 Å². The quantitative estimate of drug-likeness (QED) is 0.716. The van der Waals surface area contributed by atoms with Gasteiger partial charge in [-0.05, 0) is 42.0 Å². The van der Waals surface area contributed by atoms with Gasteiger partial charge in [-0.15, -0.1) is 6.58 Å². The number of carbonyl (C=O) groups excluding carboxylic acids is 1. The number of aliphatic carboxylic acids is 1. The first-order chi connectivity index (χ1) is 13.0. The van der Waals surface area contributed by atoms with Crippen molar-refractivity contribution in [1.82, 2.24) is 5.32 Å². The summed E-state index contributed by atoms with van der Waals surface area (Å²) in [4.78, 5) is 23.8. The van der Waals surface area contributed by atoms with Crippen molar-refractivity contribution in [3.8, 4) is 11.1 Å². The monoisotopic (exact) mass is 365 g/mol.